The zero-order valence-electron chi connectivity index (χ0n) is 15.0. The molecule has 1 saturated heterocycles. The molecule has 0 bridgehead atoms. The number of rotatable bonds is 7. The molecule has 23 heavy (non-hydrogen) atoms. The summed E-state index contributed by atoms with van der Waals surface area (Å²) < 4.78 is 0. The Labute approximate surface area is 140 Å². The number of likely N-dealkylation sites (tertiary alicyclic amines) is 1. The predicted molar refractivity (Wildman–Crippen MR) is 95.3 cm³/mol. The lowest BCUT2D eigenvalue weighted by atomic mass is 10.0. The van der Waals surface area contributed by atoms with Crippen molar-refractivity contribution in [1.29, 1.82) is 0 Å². The average molecular weight is 317 g/mol. The second-order valence-corrected chi connectivity index (χ2v) is 6.87. The van der Waals surface area contributed by atoms with Crippen molar-refractivity contribution in [2.75, 3.05) is 33.2 Å². The Morgan fingerprint density at radius 1 is 1.35 bits per heavy atom. The maximum absolute atomic E-state index is 12.7. The second-order valence-electron chi connectivity index (χ2n) is 6.87. The molecule has 1 aromatic carbocycles. The summed E-state index contributed by atoms with van der Waals surface area (Å²) in [6, 6.07) is 10.4. The van der Waals surface area contributed by atoms with Crippen LogP contribution in [0.1, 0.15) is 38.8 Å². The van der Waals surface area contributed by atoms with E-state index < -0.39 is 0 Å². The Balaban J connectivity index is 1.94. The van der Waals surface area contributed by atoms with Gasteiger partial charge in [-0.15, -0.1) is 0 Å². The fourth-order valence-electron chi connectivity index (χ4n) is 3.26. The smallest absolute Gasteiger partial charge is 0.241 e. The van der Waals surface area contributed by atoms with E-state index in [2.05, 4.69) is 35.9 Å². The number of hydrogen-bond acceptors (Lipinski definition) is 3. The van der Waals surface area contributed by atoms with Gasteiger partial charge in [0.25, 0.3) is 0 Å². The van der Waals surface area contributed by atoms with Crippen molar-refractivity contribution in [3.8, 4) is 0 Å². The summed E-state index contributed by atoms with van der Waals surface area (Å²) in [5.74, 6) is 0.688. The summed E-state index contributed by atoms with van der Waals surface area (Å²) >= 11 is 0. The van der Waals surface area contributed by atoms with Crippen LogP contribution in [0.2, 0.25) is 0 Å². The summed E-state index contributed by atoms with van der Waals surface area (Å²) in [6.07, 6.45) is 1.18. The molecule has 0 spiro atoms. The lowest BCUT2D eigenvalue weighted by Crippen LogP contribution is -2.41. The molecule has 0 saturated carbocycles. The third-order valence-electron chi connectivity index (χ3n) is 4.92. The van der Waals surface area contributed by atoms with Gasteiger partial charge in [-0.3, -0.25) is 9.69 Å². The minimum Gasteiger partial charge on any atom is -0.354 e. The van der Waals surface area contributed by atoms with Gasteiger partial charge in [-0.1, -0.05) is 37.3 Å². The van der Waals surface area contributed by atoms with Gasteiger partial charge in [0.05, 0.1) is 0 Å². The third-order valence-corrected chi connectivity index (χ3v) is 4.92. The SMILES string of the molecule is CCN(C)C(C(=O)NCC1CCN(C(C)C)C1)c1ccccc1. The van der Waals surface area contributed by atoms with E-state index in [1.165, 1.54) is 6.42 Å². The van der Waals surface area contributed by atoms with Crippen molar-refractivity contribution in [1.82, 2.24) is 15.1 Å². The lowest BCUT2D eigenvalue weighted by Gasteiger charge is -2.27. The summed E-state index contributed by atoms with van der Waals surface area (Å²) in [5, 5.41) is 3.19. The third kappa shape index (κ3) is 4.79. The maximum Gasteiger partial charge on any atom is 0.241 e. The lowest BCUT2D eigenvalue weighted by molar-refractivity contribution is -0.126. The number of carbonyl (C=O) groups is 1. The highest BCUT2D eigenvalue weighted by Crippen LogP contribution is 2.21. The van der Waals surface area contributed by atoms with E-state index >= 15 is 0 Å². The molecule has 0 aliphatic carbocycles. The molecule has 1 N–H and O–H groups in total. The van der Waals surface area contributed by atoms with Gasteiger partial charge >= 0.3 is 0 Å². The van der Waals surface area contributed by atoms with Crippen molar-refractivity contribution >= 4 is 5.91 Å². The van der Waals surface area contributed by atoms with Gasteiger partial charge in [-0.2, -0.15) is 0 Å². The highest BCUT2D eigenvalue weighted by molar-refractivity contribution is 5.83. The average Bonchev–Trinajstić information content (AvgIpc) is 3.03. The number of carbonyl (C=O) groups excluding carboxylic acids is 1. The first kappa shape index (κ1) is 18.0. The van der Waals surface area contributed by atoms with Crippen LogP contribution in [0.25, 0.3) is 0 Å². The highest BCUT2D eigenvalue weighted by atomic mass is 16.2. The van der Waals surface area contributed by atoms with Crippen LogP contribution in [0, 0.1) is 5.92 Å². The minimum atomic E-state index is -0.205. The van der Waals surface area contributed by atoms with Crippen LogP contribution in [-0.4, -0.2) is 55.0 Å². The van der Waals surface area contributed by atoms with E-state index in [0.717, 1.165) is 31.7 Å². The summed E-state index contributed by atoms with van der Waals surface area (Å²) in [5.41, 5.74) is 1.06. The quantitative estimate of drug-likeness (QED) is 0.839. The summed E-state index contributed by atoms with van der Waals surface area (Å²) in [7, 11) is 2.01. The van der Waals surface area contributed by atoms with Gasteiger partial charge < -0.3 is 10.2 Å². The van der Waals surface area contributed by atoms with E-state index in [0.29, 0.717) is 12.0 Å². The standard InChI is InChI=1S/C19H31N3O/c1-5-21(4)18(17-9-7-6-8-10-17)19(23)20-13-16-11-12-22(14-16)15(2)3/h6-10,15-16,18H,5,11-14H2,1-4H3,(H,20,23). The molecule has 1 aliphatic heterocycles. The molecule has 2 unspecified atom stereocenters. The molecule has 2 rings (SSSR count). The van der Waals surface area contributed by atoms with Gasteiger partial charge in [0.1, 0.15) is 6.04 Å². The van der Waals surface area contributed by atoms with Gasteiger partial charge in [0.2, 0.25) is 5.91 Å². The number of nitrogens with one attached hydrogen (secondary N) is 1. The predicted octanol–water partition coefficient (Wildman–Crippen LogP) is 2.53. The van der Waals surface area contributed by atoms with Crippen molar-refractivity contribution in [3.05, 3.63) is 35.9 Å². The van der Waals surface area contributed by atoms with Crippen molar-refractivity contribution in [2.24, 2.45) is 5.92 Å². The second kappa shape index (κ2) is 8.46. The molecule has 1 fully saturated rings. The van der Waals surface area contributed by atoms with Gasteiger partial charge in [-0.25, -0.2) is 0 Å². The maximum atomic E-state index is 12.7. The molecule has 1 heterocycles. The molecule has 0 radical (unpaired) electrons. The Morgan fingerprint density at radius 2 is 2.04 bits per heavy atom. The first-order chi connectivity index (χ1) is 11.0. The molecule has 1 aliphatic rings. The molecule has 0 aromatic heterocycles. The number of hydrogen-bond donors (Lipinski definition) is 1. The van der Waals surface area contributed by atoms with E-state index in [-0.39, 0.29) is 11.9 Å². The molecule has 1 amide bonds. The number of likely N-dealkylation sites (N-methyl/N-ethyl adjacent to an activating group) is 1. The van der Waals surface area contributed by atoms with Crippen molar-refractivity contribution in [3.63, 3.8) is 0 Å². The van der Waals surface area contributed by atoms with E-state index in [9.17, 15) is 4.79 Å². The Bertz CT molecular complexity index is 489. The number of nitrogens with zero attached hydrogens (tertiary/aromatic N) is 2. The van der Waals surface area contributed by atoms with Gasteiger partial charge in [-0.05, 0) is 51.9 Å². The molecule has 4 nitrogen and oxygen atoms in total. The van der Waals surface area contributed by atoms with E-state index in [1.54, 1.807) is 0 Å². The van der Waals surface area contributed by atoms with Crippen LogP contribution in [0.15, 0.2) is 30.3 Å². The number of benzene rings is 1. The molecule has 2 atom stereocenters. The highest BCUT2D eigenvalue weighted by Gasteiger charge is 2.27. The Kier molecular flexibility index (Phi) is 6.60. The first-order valence-electron chi connectivity index (χ1n) is 8.79. The van der Waals surface area contributed by atoms with Gasteiger partial charge in [0.15, 0.2) is 0 Å². The summed E-state index contributed by atoms with van der Waals surface area (Å²) in [6.45, 7) is 10.4. The zero-order valence-corrected chi connectivity index (χ0v) is 15.0. The molecular formula is C19H31N3O. The largest absolute Gasteiger partial charge is 0.354 e. The van der Waals surface area contributed by atoms with Gasteiger partial charge in [0, 0.05) is 19.1 Å². The monoisotopic (exact) mass is 317 g/mol. The van der Waals surface area contributed by atoms with Crippen LogP contribution >= 0.6 is 0 Å². The van der Waals surface area contributed by atoms with Crippen LogP contribution < -0.4 is 5.32 Å². The van der Waals surface area contributed by atoms with Crippen molar-refractivity contribution in [2.45, 2.75) is 39.3 Å². The van der Waals surface area contributed by atoms with Crippen LogP contribution in [-0.2, 0) is 4.79 Å². The number of amides is 1. The minimum absolute atomic E-state index is 0.114. The van der Waals surface area contributed by atoms with Crippen LogP contribution in [0.5, 0.6) is 0 Å². The van der Waals surface area contributed by atoms with Crippen LogP contribution in [0.4, 0.5) is 0 Å². The Hall–Kier alpha value is -1.39. The van der Waals surface area contributed by atoms with E-state index in [1.807, 2.05) is 37.4 Å². The zero-order chi connectivity index (χ0) is 16.8. The van der Waals surface area contributed by atoms with Crippen LogP contribution in [0.3, 0.4) is 0 Å². The molecule has 1 aromatic rings. The molecule has 4 heteroatoms. The fourth-order valence-corrected chi connectivity index (χ4v) is 3.26. The fraction of sp³-hybridized carbons (Fsp3) is 0.632. The summed E-state index contributed by atoms with van der Waals surface area (Å²) in [4.78, 5) is 17.3. The topological polar surface area (TPSA) is 35.6 Å². The Morgan fingerprint density at radius 3 is 2.61 bits per heavy atom. The van der Waals surface area contributed by atoms with E-state index in [4.69, 9.17) is 0 Å². The first-order valence-corrected chi connectivity index (χ1v) is 8.79. The van der Waals surface area contributed by atoms with Crippen molar-refractivity contribution < 1.29 is 4.79 Å². The molecular weight excluding hydrogens is 286 g/mol. The molecule has 128 valence electrons. The normalized spacial score (nSPS) is 20.2.